The SMILES string of the molecule is CN=C(NCCCn1c(C)nc2ccccc21)NCc1csc(-c2ccccc2)n1.I. The average Bonchev–Trinajstić information content (AvgIpc) is 3.38. The van der Waals surface area contributed by atoms with E-state index in [0.717, 1.165) is 53.1 Å². The Kier molecular flexibility index (Phi) is 8.42. The summed E-state index contributed by atoms with van der Waals surface area (Å²) in [6.45, 7) is 4.46. The molecule has 2 aromatic heterocycles. The summed E-state index contributed by atoms with van der Waals surface area (Å²) in [6, 6.07) is 18.5. The quantitative estimate of drug-likeness (QED) is 0.151. The van der Waals surface area contributed by atoms with E-state index in [-0.39, 0.29) is 24.0 Å². The van der Waals surface area contributed by atoms with Crippen LogP contribution in [0, 0.1) is 6.92 Å². The van der Waals surface area contributed by atoms with Crippen LogP contribution in [0.3, 0.4) is 0 Å². The van der Waals surface area contributed by atoms with Crippen molar-refractivity contribution in [1.82, 2.24) is 25.2 Å². The Balaban J connectivity index is 0.00000272. The van der Waals surface area contributed by atoms with E-state index in [2.05, 4.69) is 67.8 Å². The first-order chi connectivity index (χ1) is 14.7. The van der Waals surface area contributed by atoms with E-state index in [0.29, 0.717) is 6.54 Å². The summed E-state index contributed by atoms with van der Waals surface area (Å²) in [4.78, 5) is 13.7. The minimum atomic E-state index is 0. The molecule has 0 saturated heterocycles. The maximum atomic E-state index is 4.72. The molecule has 162 valence electrons. The van der Waals surface area contributed by atoms with Gasteiger partial charge in [0.05, 0.1) is 23.3 Å². The van der Waals surface area contributed by atoms with Crippen LogP contribution >= 0.6 is 35.3 Å². The number of halogens is 1. The molecule has 4 aromatic rings. The molecule has 0 aliphatic heterocycles. The van der Waals surface area contributed by atoms with Crippen molar-refractivity contribution in [3.05, 3.63) is 71.5 Å². The number of para-hydroxylation sites is 2. The number of aromatic nitrogens is 3. The van der Waals surface area contributed by atoms with Gasteiger partial charge in [0, 0.05) is 31.1 Å². The highest BCUT2D eigenvalue weighted by atomic mass is 127. The molecule has 31 heavy (non-hydrogen) atoms. The van der Waals surface area contributed by atoms with Gasteiger partial charge in [0.15, 0.2) is 5.96 Å². The standard InChI is InChI=1S/C23H26N6S.HI/c1-17-27-20-11-6-7-12-21(20)29(17)14-8-13-25-23(24-2)26-15-19-16-30-22(28-19)18-9-4-3-5-10-18;/h3-7,9-12,16H,8,13-15H2,1-2H3,(H2,24,25,26);1H. The highest BCUT2D eigenvalue weighted by Crippen LogP contribution is 2.23. The number of hydrogen-bond acceptors (Lipinski definition) is 4. The van der Waals surface area contributed by atoms with Crippen molar-refractivity contribution < 1.29 is 0 Å². The molecular weight excluding hydrogens is 519 g/mol. The molecule has 0 bridgehead atoms. The number of fused-ring (bicyclic) bond motifs is 1. The van der Waals surface area contributed by atoms with Crippen molar-refractivity contribution in [2.24, 2.45) is 4.99 Å². The lowest BCUT2D eigenvalue weighted by Gasteiger charge is -2.12. The topological polar surface area (TPSA) is 67.1 Å². The Morgan fingerprint density at radius 3 is 2.61 bits per heavy atom. The predicted octanol–water partition coefficient (Wildman–Crippen LogP) is 4.84. The third-order valence-electron chi connectivity index (χ3n) is 4.93. The smallest absolute Gasteiger partial charge is 0.191 e. The number of aliphatic imine (C=N–C) groups is 1. The van der Waals surface area contributed by atoms with Crippen LogP contribution in [0.2, 0.25) is 0 Å². The molecule has 0 atom stereocenters. The highest BCUT2D eigenvalue weighted by molar-refractivity contribution is 14.0. The molecule has 4 rings (SSSR count). The Morgan fingerprint density at radius 2 is 1.81 bits per heavy atom. The van der Waals surface area contributed by atoms with E-state index < -0.39 is 0 Å². The van der Waals surface area contributed by atoms with Crippen molar-refractivity contribution >= 4 is 52.3 Å². The third-order valence-corrected chi connectivity index (χ3v) is 5.87. The summed E-state index contributed by atoms with van der Waals surface area (Å²) in [5.41, 5.74) is 4.41. The van der Waals surface area contributed by atoms with Gasteiger partial charge in [0.1, 0.15) is 10.8 Å². The largest absolute Gasteiger partial charge is 0.356 e. The lowest BCUT2D eigenvalue weighted by atomic mass is 10.2. The number of aryl methyl sites for hydroxylation is 2. The van der Waals surface area contributed by atoms with Crippen LogP contribution in [0.4, 0.5) is 0 Å². The minimum Gasteiger partial charge on any atom is -0.356 e. The molecule has 0 amide bonds. The molecule has 0 aliphatic carbocycles. The van der Waals surface area contributed by atoms with E-state index in [4.69, 9.17) is 4.98 Å². The average molecular weight is 546 g/mol. The van der Waals surface area contributed by atoms with Crippen molar-refractivity contribution in [1.29, 1.82) is 0 Å². The molecule has 8 heteroatoms. The van der Waals surface area contributed by atoms with E-state index in [9.17, 15) is 0 Å². The zero-order chi connectivity index (χ0) is 20.8. The van der Waals surface area contributed by atoms with E-state index in [1.165, 1.54) is 5.52 Å². The summed E-state index contributed by atoms with van der Waals surface area (Å²) in [5.74, 6) is 1.84. The van der Waals surface area contributed by atoms with Crippen molar-refractivity contribution in [3.8, 4) is 10.6 Å². The fraction of sp³-hybridized carbons (Fsp3) is 0.261. The van der Waals surface area contributed by atoms with Crippen LogP contribution in [0.25, 0.3) is 21.6 Å². The normalized spacial score (nSPS) is 11.4. The molecule has 0 unspecified atom stereocenters. The zero-order valence-corrected chi connectivity index (χ0v) is 20.9. The summed E-state index contributed by atoms with van der Waals surface area (Å²) in [6.07, 6.45) is 0.983. The second-order valence-electron chi connectivity index (χ2n) is 7.02. The lowest BCUT2D eigenvalue weighted by Crippen LogP contribution is -2.37. The minimum absolute atomic E-state index is 0. The molecular formula is C23H27IN6S. The fourth-order valence-corrected chi connectivity index (χ4v) is 4.24. The fourth-order valence-electron chi connectivity index (χ4n) is 3.42. The Bertz CT molecular complexity index is 1140. The lowest BCUT2D eigenvalue weighted by molar-refractivity contribution is 0.624. The van der Waals surface area contributed by atoms with Gasteiger partial charge in [0.25, 0.3) is 0 Å². The summed E-state index contributed by atoms with van der Waals surface area (Å²) >= 11 is 1.66. The molecule has 0 spiro atoms. The molecule has 6 nitrogen and oxygen atoms in total. The van der Waals surface area contributed by atoms with Crippen molar-refractivity contribution in [2.75, 3.05) is 13.6 Å². The predicted molar refractivity (Wildman–Crippen MR) is 140 cm³/mol. The van der Waals surface area contributed by atoms with Crippen molar-refractivity contribution in [3.63, 3.8) is 0 Å². The van der Waals surface area contributed by atoms with E-state index >= 15 is 0 Å². The molecule has 0 fully saturated rings. The number of nitrogens with one attached hydrogen (secondary N) is 2. The first-order valence-corrected chi connectivity index (χ1v) is 11.0. The van der Waals surface area contributed by atoms with E-state index in [1.54, 1.807) is 18.4 Å². The van der Waals surface area contributed by atoms with Gasteiger partial charge in [-0.25, -0.2) is 9.97 Å². The maximum absolute atomic E-state index is 4.72. The van der Waals surface area contributed by atoms with Crippen molar-refractivity contribution in [2.45, 2.75) is 26.4 Å². The van der Waals surface area contributed by atoms with Crippen LogP contribution in [-0.4, -0.2) is 34.1 Å². The van der Waals surface area contributed by atoms with E-state index in [1.807, 2.05) is 24.3 Å². The summed E-state index contributed by atoms with van der Waals surface area (Å²) in [7, 11) is 1.79. The van der Waals surface area contributed by atoms with Crippen LogP contribution in [0.5, 0.6) is 0 Å². The number of nitrogens with zero attached hydrogens (tertiary/aromatic N) is 4. The third kappa shape index (κ3) is 5.82. The Morgan fingerprint density at radius 1 is 1.03 bits per heavy atom. The molecule has 2 N–H and O–H groups in total. The number of rotatable bonds is 7. The number of imidazole rings is 1. The Hall–Kier alpha value is -2.46. The second-order valence-corrected chi connectivity index (χ2v) is 7.87. The number of hydrogen-bond donors (Lipinski definition) is 2. The van der Waals surface area contributed by atoms with Crippen LogP contribution in [0.15, 0.2) is 65.0 Å². The first-order valence-electron chi connectivity index (χ1n) is 10.1. The van der Waals surface area contributed by atoms with Crippen LogP contribution in [0.1, 0.15) is 17.9 Å². The number of benzene rings is 2. The van der Waals surface area contributed by atoms with Crippen LogP contribution in [-0.2, 0) is 13.1 Å². The molecule has 0 saturated carbocycles. The van der Waals surface area contributed by atoms with Gasteiger partial charge in [-0.3, -0.25) is 4.99 Å². The summed E-state index contributed by atoms with van der Waals surface area (Å²) < 4.78 is 2.27. The van der Waals surface area contributed by atoms with Gasteiger partial charge < -0.3 is 15.2 Å². The van der Waals surface area contributed by atoms with Crippen LogP contribution < -0.4 is 10.6 Å². The monoisotopic (exact) mass is 546 g/mol. The molecule has 0 aliphatic rings. The second kappa shape index (κ2) is 11.2. The van der Waals surface area contributed by atoms with Gasteiger partial charge in [-0.2, -0.15) is 0 Å². The van der Waals surface area contributed by atoms with Gasteiger partial charge in [-0.1, -0.05) is 42.5 Å². The molecule has 2 heterocycles. The Labute approximate surface area is 203 Å². The van der Waals surface area contributed by atoms with Gasteiger partial charge in [-0.05, 0) is 25.5 Å². The van der Waals surface area contributed by atoms with Gasteiger partial charge >= 0.3 is 0 Å². The van der Waals surface area contributed by atoms with Gasteiger partial charge in [-0.15, -0.1) is 35.3 Å². The maximum Gasteiger partial charge on any atom is 0.191 e. The summed E-state index contributed by atoms with van der Waals surface area (Å²) in [5, 5.41) is 9.87. The highest BCUT2D eigenvalue weighted by Gasteiger charge is 2.07. The number of thiazole rings is 1. The molecule has 0 radical (unpaired) electrons. The zero-order valence-electron chi connectivity index (χ0n) is 17.7. The first kappa shape index (κ1) is 23.2. The molecule has 2 aromatic carbocycles. The number of guanidine groups is 1. The van der Waals surface area contributed by atoms with Gasteiger partial charge in [0.2, 0.25) is 0 Å².